The van der Waals surface area contributed by atoms with Gasteiger partial charge in [-0.2, -0.15) is 0 Å². The van der Waals surface area contributed by atoms with Gasteiger partial charge < -0.3 is 10.6 Å². The first-order valence-corrected chi connectivity index (χ1v) is 7.05. The molecule has 100 valence electrons. The number of fused-ring (bicyclic) bond motifs is 1. The van der Waals surface area contributed by atoms with Gasteiger partial charge in [0, 0.05) is 47.1 Å². The number of anilines is 2. The summed E-state index contributed by atoms with van der Waals surface area (Å²) in [4.78, 5) is 6.75. The zero-order valence-electron chi connectivity index (χ0n) is 11.6. The van der Waals surface area contributed by atoms with Gasteiger partial charge in [-0.25, -0.2) is 0 Å². The Morgan fingerprint density at radius 2 is 2.05 bits per heavy atom. The summed E-state index contributed by atoms with van der Waals surface area (Å²) in [5.41, 5.74) is 8.18. The second kappa shape index (κ2) is 4.72. The fourth-order valence-electron chi connectivity index (χ4n) is 2.67. The minimum atomic E-state index is 0.662. The molecular formula is C16H21N3. The van der Waals surface area contributed by atoms with Gasteiger partial charge in [-0.15, -0.1) is 0 Å². The van der Waals surface area contributed by atoms with Gasteiger partial charge in [-0.05, 0) is 37.0 Å². The molecule has 1 heterocycles. The molecule has 0 unspecified atom stereocenters. The number of hydrogen-bond donors (Lipinski definition) is 1. The van der Waals surface area contributed by atoms with Crippen molar-refractivity contribution in [3.05, 3.63) is 30.6 Å². The van der Waals surface area contributed by atoms with E-state index in [1.54, 1.807) is 0 Å². The van der Waals surface area contributed by atoms with Gasteiger partial charge in [0.1, 0.15) is 0 Å². The highest BCUT2D eigenvalue weighted by atomic mass is 15.2. The largest absolute Gasteiger partial charge is 0.398 e. The minimum Gasteiger partial charge on any atom is -0.398 e. The summed E-state index contributed by atoms with van der Waals surface area (Å²) in [6.07, 6.45) is 6.34. The zero-order chi connectivity index (χ0) is 13.4. The van der Waals surface area contributed by atoms with E-state index in [0.717, 1.165) is 17.6 Å². The summed E-state index contributed by atoms with van der Waals surface area (Å²) in [5, 5.41) is 2.29. The molecule has 1 saturated carbocycles. The smallest absolute Gasteiger partial charge is 0.0451 e. The van der Waals surface area contributed by atoms with Gasteiger partial charge in [-0.1, -0.05) is 13.8 Å². The predicted molar refractivity (Wildman–Crippen MR) is 81.4 cm³/mol. The third kappa shape index (κ3) is 2.37. The van der Waals surface area contributed by atoms with Gasteiger partial charge in [-0.3, -0.25) is 4.98 Å². The SMILES string of the molecule is CC(C)CN(c1ccc(N)c2cnccc12)C1CC1. The van der Waals surface area contributed by atoms with Crippen LogP contribution in [0, 0.1) is 5.92 Å². The Balaban J connectivity index is 2.10. The number of hydrogen-bond acceptors (Lipinski definition) is 3. The summed E-state index contributed by atoms with van der Waals surface area (Å²) in [7, 11) is 0. The summed E-state index contributed by atoms with van der Waals surface area (Å²) in [5.74, 6) is 0.662. The molecule has 0 bridgehead atoms. The number of rotatable bonds is 4. The number of nitrogen functional groups attached to an aromatic ring is 1. The van der Waals surface area contributed by atoms with Crippen LogP contribution in [0.5, 0.6) is 0 Å². The normalized spacial score (nSPS) is 15.1. The van der Waals surface area contributed by atoms with Crippen LogP contribution in [-0.4, -0.2) is 17.6 Å². The van der Waals surface area contributed by atoms with Crippen molar-refractivity contribution in [3.63, 3.8) is 0 Å². The van der Waals surface area contributed by atoms with E-state index < -0.39 is 0 Å². The summed E-state index contributed by atoms with van der Waals surface area (Å²) in [6.45, 7) is 5.65. The molecular weight excluding hydrogens is 234 g/mol. The van der Waals surface area contributed by atoms with Crippen LogP contribution in [0.2, 0.25) is 0 Å². The highest BCUT2D eigenvalue weighted by Gasteiger charge is 2.30. The molecule has 0 aliphatic heterocycles. The first kappa shape index (κ1) is 12.3. The molecule has 2 aromatic rings. The molecule has 1 fully saturated rings. The van der Waals surface area contributed by atoms with E-state index in [4.69, 9.17) is 5.73 Å². The summed E-state index contributed by atoms with van der Waals surface area (Å²) < 4.78 is 0. The average molecular weight is 255 g/mol. The molecule has 0 radical (unpaired) electrons. The second-order valence-electron chi connectivity index (χ2n) is 5.87. The van der Waals surface area contributed by atoms with Gasteiger partial charge in [0.25, 0.3) is 0 Å². The van der Waals surface area contributed by atoms with Gasteiger partial charge in [0.15, 0.2) is 0 Å². The van der Waals surface area contributed by atoms with E-state index >= 15 is 0 Å². The Morgan fingerprint density at radius 3 is 2.74 bits per heavy atom. The zero-order valence-corrected chi connectivity index (χ0v) is 11.6. The lowest BCUT2D eigenvalue weighted by molar-refractivity contribution is 0.608. The van der Waals surface area contributed by atoms with Crippen molar-refractivity contribution in [2.75, 3.05) is 17.2 Å². The van der Waals surface area contributed by atoms with Crippen LogP contribution in [0.15, 0.2) is 30.6 Å². The molecule has 3 heteroatoms. The first-order valence-electron chi connectivity index (χ1n) is 7.05. The number of nitrogens with zero attached hydrogens (tertiary/aromatic N) is 2. The van der Waals surface area contributed by atoms with Crippen molar-refractivity contribution in [2.45, 2.75) is 32.7 Å². The highest BCUT2D eigenvalue weighted by Crippen LogP contribution is 2.37. The molecule has 1 aromatic carbocycles. The highest BCUT2D eigenvalue weighted by molar-refractivity contribution is 6.01. The quantitative estimate of drug-likeness (QED) is 0.851. The van der Waals surface area contributed by atoms with Crippen molar-refractivity contribution in [3.8, 4) is 0 Å². The Labute approximate surface area is 114 Å². The van der Waals surface area contributed by atoms with E-state index in [1.807, 2.05) is 18.5 Å². The minimum absolute atomic E-state index is 0.662. The molecule has 0 saturated heterocycles. The molecule has 0 spiro atoms. The summed E-state index contributed by atoms with van der Waals surface area (Å²) in [6, 6.07) is 6.96. The second-order valence-corrected chi connectivity index (χ2v) is 5.87. The van der Waals surface area contributed by atoms with Gasteiger partial charge >= 0.3 is 0 Å². The van der Waals surface area contributed by atoms with Gasteiger partial charge in [0.05, 0.1) is 0 Å². The van der Waals surface area contributed by atoms with Crippen molar-refractivity contribution in [1.29, 1.82) is 0 Å². The van der Waals surface area contributed by atoms with Gasteiger partial charge in [0.2, 0.25) is 0 Å². The third-order valence-corrected chi connectivity index (χ3v) is 3.69. The van der Waals surface area contributed by atoms with E-state index in [1.165, 1.54) is 23.9 Å². The lowest BCUT2D eigenvalue weighted by Gasteiger charge is -2.28. The van der Waals surface area contributed by atoms with Crippen LogP contribution in [0.3, 0.4) is 0 Å². The molecule has 3 nitrogen and oxygen atoms in total. The molecule has 1 aliphatic carbocycles. The first-order chi connectivity index (χ1) is 9.16. The predicted octanol–water partition coefficient (Wildman–Crippen LogP) is 3.44. The van der Waals surface area contributed by atoms with E-state index in [2.05, 4.69) is 35.9 Å². The van der Waals surface area contributed by atoms with Crippen molar-refractivity contribution in [2.24, 2.45) is 5.92 Å². The number of nitrogens with two attached hydrogens (primary N) is 1. The fraction of sp³-hybridized carbons (Fsp3) is 0.438. The molecule has 0 atom stereocenters. The summed E-state index contributed by atoms with van der Waals surface area (Å²) >= 11 is 0. The maximum Gasteiger partial charge on any atom is 0.0451 e. The molecule has 0 amide bonds. The van der Waals surface area contributed by atoms with E-state index in [9.17, 15) is 0 Å². The molecule has 3 rings (SSSR count). The van der Waals surface area contributed by atoms with Crippen LogP contribution < -0.4 is 10.6 Å². The van der Waals surface area contributed by atoms with Crippen molar-refractivity contribution >= 4 is 22.1 Å². The van der Waals surface area contributed by atoms with E-state index in [-0.39, 0.29) is 0 Å². The molecule has 1 aliphatic rings. The fourth-order valence-corrected chi connectivity index (χ4v) is 2.67. The molecule has 2 N–H and O–H groups in total. The van der Waals surface area contributed by atoms with Crippen LogP contribution in [-0.2, 0) is 0 Å². The van der Waals surface area contributed by atoms with Crippen LogP contribution in [0.1, 0.15) is 26.7 Å². The van der Waals surface area contributed by atoms with E-state index in [0.29, 0.717) is 12.0 Å². The molecule has 19 heavy (non-hydrogen) atoms. The Morgan fingerprint density at radius 1 is 1.26 bits per heavy atom. The Kier molecular flexibility index (Phi) is 3.05. The Hall–Kier alpha value is -1.77. The third-order valence-electron chi connectivity index (χ3n) is 3.69. The average Bonchev–Trinajstić information content (AvgIpc) is 3.21. The van der Waals surface area contributed by atoms with Crippen LogP contribution >= 0.6 is 0 Å². The number of pyridine rings is 1. The Bertz CT molecular complexity index is 588. The number of aromatic nitrogens is 1. The lowest BCUT2D eigenvalue weighted by Crippen LogP contribution is -2.30. The maximum absolute atomic E-state index is 6.06. The van der Waals surface area contributed by atoms with Crippen LogP contribution in [0.4, 0.5) is 11.4 Å². The van der Waals surface area contributed by atoms with Crippen molar-refractivity contribution in [1.82, 2.24) is 4.98 Å². The number of benzene rings is 1. The molecule has 1 aromatic heterocycles. The van der Waals surface area contributed by atoms with Crippen LogP contribution in [0.25, 0.3) is 10.8 Å². The maximum atomic E-state index is 6.06. The topological polar surface area (TPSA) is 42.1 Å². The standard InChI is InChI=1S/C16H21N3/c1-11(2)10-19(12-3-4-12)16-6-5-15(17)14-9-18-8-7-13(14)16/h5-9,11-12H,3-4,10,17H2,1-2H3. The van der Waals surface area contributed by atoms with Crippen molar-refractivity contribution < 1.29 is 0 Å². The lowest BCUT2D eigenvalue weighted by atomic mass is 10.1. The monoisotopic (exact) mass is 255 g/mol.